The Hall–Kier alpha value is -1.95. The third kappa shape index (κ3) is 3.35. The molecular weight excluding hydrogens is 345 g/mol. The fraction of sp³-hybridized carbons (Fsp3) is 0.619. The van der Waals surface area contributed by atoms with Crippen LogP contribution < -0.4 is 5.32 Å². The average Bonchev–Trinajstić information content (AvgIpc) is 3.15. The highest BCUT2D eigenvalue weighted by Gasteiger charge is 2.55. The van der Waals surface area contributed by atoms with Gasteiger partial charge in [0, 0.05) is 19.1 Å². The number of hydrogen-bond acceptors (Lipinski definition) is 3. The van der Waals surface area contributed by atoms with E-state index in [0.717, 1.165) is 44.3 Å². The van der Waals surface area contributed by atoms with Crippen LogP contribution in [-0.2, 0) is 9.59 Å². The lowest BCUT2D eigenvalue weighted by Gasteiger charge is -2.55. The number of benzene rings is 1. The smallest absolute Gasteiger partial charge is 0.246 e. The Morgan fingerprint density at radius 2 is 1.78 bits per heavy atom. The molecule has 0 radical (unpaired) electrons. The first kappa shape index (κ1) is 18.4. The van der Waals surface area contributed by atoms with Crippen LogP contribution in [0.1, 0.15) is 56.6 Å². The summed E-state index contributed by atoms with van der Waals surface area (Å²) in [4.78, 5) is 30.1. The summed E-state index contributed by atoms with van der Waals surface area (Å²) in [6.07, 6.45) is 6.04. The molecule has 5 nitrogen and oxygen atoms in total. The maximum atomic E-state index is 13.4. The van der Waals surface area contributed by atoms with Gasteiger partial charge in [-0.05, 0) is 50.4 Å². The van der Waals surface area contributed by atoms with E-state index < -0.39 is 5.54 Å². The van der Waals surface area contributed by atoms with Crippen LogP contribution in [0, 0.1) is 5.82 Å². The van der Waals surface area contributed by atoms with E-state index in [2.05, 4.69) is 10.2 Å². The molecule has 2 heterocycles. The molecule has 0 bridgehead atoms. The zero-order valence-electron chi connectivity index (χ0n) is 15.9. The Morgan fingerprint density at radius 3 is 2.37 bits per heavy atom. The molecule has 1 aromatic rings. The van der Waals surface area contributed by atoms with Crippen molar-refractivity contribution in [2.24, 2.45) is 0 Å². The molecule has 0 spiro atoms. The van der Waals surface area contributed by atoms with Crippen LogP contribution >= 0.6 is 0 Å². The average molecular weight is 373 g/mol. The first-order chi connectivity index (χ1) is 13.0. The van der Waals surface area contributed by atoms with E-state index in [-0.39, 0.29) is 29.7 Å². The van der Waals surface area contributed by atoms with E-state index in [1.54, 1.807) is 17.0 Å². The third-order valence-electron chi connectivity index (χ3n) is 6.59. The van der Waals surface area contributed by atoms with E-state index in [1.165, 1.54) is 12.1 Å². The van der Waals surface area contributed by atoms with Crippen LogP contribution in [0.4, 0.5) is 4.39 Å². The monoisotopic (exact) mass is 373 g/mol. The molecular formula is C21H28FN3O2. The highest BCUT2D eigenvalue weighted by Crippen LogP contribution is 2.44. The molecule has 0 aromatic heterocycles. The van der Waals surface area contributed by atoms with E-state index in [4.69, 9.17) is 0 Å². The summed E-state index contributed by atoms with van der Waals surface area (Å²) in [6, 6.07) is 6.41. The van der Waals surface area contributed by atoms with Gasteiger partial charge in [0.2, 0.25) is 11.8 Å². The molecule has 1 aliphatic carbocycles. The quantitative estimate of drug-likeness (QED) is 0.826. The lowest BCUT2D eigenvalue weighted by atomic mass is 9.78. The fourth-order valence-electron chi connectivity index (χ4n) is 4.86. The van der Waals surface area contributed by atoms with E-state index >= 15 is 0 Å². The number of β-lactam (4-membered cyclic amide) rings is 1. The van der Waals surface area contributed by atoms with E-state index in [0.29, 0.717) is 19.3 Å². The van der Waals surface area contributed by atoms with Gasteiger partial charge in [0.25, 0.3) is 0 Å². The fourth-order valence-corrected chi connectivity index (χ4v) is 4.86. The van der Waals surface area contributed by atoms with Gasteiger partial charge in [-0.1, -0.05) is 25.0 Å². The summed E-state index contributed by atoms with van der Waals surface area (Å²) in [6.45, 7) is 1.58. The molecule has 1 N–H and O–H groups in total. The summed E-state index contributed by atoms with van der Waals surface area (Å²) >= 11 is 0. The number of rotatable bonds is 4. The zero-order chi connectivity index (χ0) is 19.0. The van der Waals surface area contributed by atoms with Gasteiger partial charge in [-0.25, -0.2) is 4.39 Å². The SMILES string of the molecule is CN1CCC(C(=O)NC2CCCC2)(N2C(=O)CC2c2ccc(F)cc2)CC1. The van der Waals surface area contributed by atoms with Gasteiger partial charge in [0.05, 0.1) is 12.5 Å². The van der Waals surface area contributed by atoms with Gasteiger partial charge >= 0.3 is 0 Å². The van der Waals surface area contributed by atoms with Crippen LogP contribution in [0.3, 0.4) is 0 Å². The zero-order valence-corrected chi connectivity index (χ0v) is 15.9. The Bertz CT molecular complexity index is 707. The molecule has 27 heavy (non-hydrogen) atoms. The van der Waals surface area contributed by atoms with Gasteiger partial charge in [-0.2, -0.15) is 0 Å². The molecule has 4 rings (SSSR count). The summed E-state index contributed by atoms with van der Waals surface area (Å²) in [7, 11) is 2.05. The van der Waals surface area contributed by atoms with Crippen molar-refractivity contribution in [2.75, 3.05) is 20.1 Å². The summed E-state index contributed by atoms with van der Waals surface area (Å²) < 4.78 is 13.3. The van der Waals surface area contributed by atoms with Crippen molar-refractivity contribution >= 4 is 11.8 Å². The molecule has 2 aliphatic heterocycles. The highest BCUT2D eigenvalue weighted by atomic mass is 19.1. The van der Waals surface area contributed by atoms with Crippen molar-refractivity contribution in [1.82, 2.24) is 15.1 Å². The summed E-state index contributed by atoms with van der Waals surface area (Å²) in [5, 5.41) is 3.24. The largest absolute Gasteiger partial charge is 0.351 e. The summed E-state index contributed by atoms with van der Waals surface area (Å²) in [5.74, 6) is -0.262. The maximum Gasteiger partial charge on any atom is 0.246 e. The second kappa shape index (κ2) is 7.23. The van der Waals surface area contributed by atoms with Crippen LogP contribution in [0.15, 0.2) is 24.3 Å². The Labute approximate surface area is 159 Å². The lowest BCUT2D eigenvalue weighted by Crippen LogP contribution is -2.69. The molecule has 6 heteroatoms. The minimum atomic E-state index is -0.788. The van der Waals surface area contributed by atoms with Crippen molar-refractivity contribution in [3.8, 4) is 0 Å². The Kier molecular flexibility index (Phi) is 4.93. The third-order valence-corrected chi connectivity index (χ3v) is 6.59. The van der Waals surface area contributed by atoms with Crippen LogP contribution in [0.2, 0.25) is 0 Å². The van der Waals surface area contributed by atoms with E-state index in [9.17, 15) is 14.0 Å². The van der Waals surface area contributed by atoms with Crippen LogP contribution in [-0.4, -0.2) is 53.3 Å². The number of piperidine rings is 1. The molecule has 3 aliphatic rings. The molecule has 2 saturated heterocycles. The van der Waals surface area contributed by atoms with Crippen LogP contribution in [0.5, 0.6) is 0 Å². The highest BCUT2D eigenvalue weighted by molar-refractivity contribution is 5.95. The van der Waals surface area contributed by atoms with Gasteiger partial charge in [0.1, 0.15) is 11.4 Å². The van der Waals surface area contributed by atoms with E-state index in [1.807, 2.05) is 7.05 Å². The number of nitrogens with zero attached hydrogens (tertiary/aromatic N) is 2. The van der Waals surface area contributed by atoms with Crippen molar-refractivity contribution in [3.63, 3.8) is 0 Å². The topological polar surface area (TPSA) is 52.7 Å². The Balaban J connectivity index is 1.61. The molecule has 1 atom stereocenters. The standard InChI is InChI=1S/C21H28FN3O2/c1-24-12-10-21(11-13-24,20(27)23-17-4-2-3-5-17)25-18(14-19(25)26)15-6-8-16(22)9-7-15/h6-9,17-18H,2-5,10-14H2,1H3,(H,23,27). The predicted molar refractivity (Wildman–Crippen MR) is 100 cm³/mol. The number of hydrogen-bond donors (Lipinski definition) is 1. The number of carbonyl (C=O) groups excluding carboxylic acids is 2. The number of halogens is 1. The second-order valence-electron chi connectivity index (χ2n) is 8.32. The van der Waals surface area contributed by atoms with Crippen LogP contribution in [0.25, 0.3) is 0 Å². The molecule has 146 valence electrons. The first-order valence-electron chi connectivity index (χ1n) is 10.1. The minimum Gasteiger partial charge on any atom is -0.351 e. The molecule has 1 unspecified atom stereocenters. The first-order valence-corrected chi connectivity index (χ1v) is 10.1. The maximum absolute atomic E-state index is 13.4. The molecule has 1 aromatic carbocycles. The minimum absolute atomic E-state index is 0.00246. The molecule has 2 amide bonds. The number of likely N-dealkylation sites (tertiary alicyclic amines) is 2. The van der Waals surface area contributed by atoms with Gasteiger partial charge in [-0.15, -0.1) is 0 Å². The van der Waals surface area contributed by atoms with Gasteiger partial charge < -0.3 is 15.1 Å². The Morgan fingerprint density at radius 1 is 1.15 bits per heavy atom. The van der Waals surface area contributed by atoms with Gasteiger partial charge in [-0.3, -0.25) is 9.59 Å². The number of carbonyl (C=O) groups is 2. The number of amides is 2. The number of nitrogens with one attached hydrogen (secondary N) is 1. The van der Waals surface area contributed by atoms with Crippen molar-refractivity contribution in [2.45, 2.75) is 62.6 Å². The van der Waals surface area contributed by atoms with Crippen molar-refractivity contribution in [1.29, 1.82) is 0 Å². The second-order valence-corrected chi connectivity index (χ2v) is 8.32. The normalized spacial score (nSPS) is 26.1. The van der Waals surface area contributed by atoms with Crippen molar-refractivity contribution < 1.29 is 14.0 Å². The van der Waals surface area contributed by atoms with Crippen molar-refractivity contribution in [3.05, 3.63) is 35.6 Å². The predicted octanol–water partition coefficient (Wildman–Crippen LogP) is 2.62. The molecule has 1 saturated carbocycles. The van der Waals surface area contributed by atoms with Gasteiger partial charge in [0.15, 0.2) is 0 Å². The lowest BCUT2D eigenvalue weighted by molar-refractivity contribution is -0.169. The summed E-state index contributed by atoms with van der Waals surface area (Å²) in [5.41, 5.74) is 0.117. The molecule has 3 fully saturated rings.